The molecule has 0 aliphatic carbocycles. The Morgan fingerprint density at radius 3 is 2.33 bits per heavy atom. The molecule has 1 aromatic carbocycles. The van der Waals surface area contributed by atoms with Gasteiger partial charge in [-0.2, -0.15) is 0 Å². The highest BCUT2D eigenvalue weighted by Crippen LogP contribution is 2.31. The molecule has 2 saturated heterocycles. The van der Waals surface area contributed by atoms with E-state index >= 15 is 0 Å². The van der Waals surface area contributed by atoms with E-state index in [0.29, 0.717) is 19.6 Å². The van der Waals surface area contributed by atoms with Crippen molar-refractivity contribution in [3.63, 3.8) is 0 Å². The highest BCUT2D eigenvalue weighted by atomic mass is 35.5. The molecule has 0 radical (unpaired) electrons. The second-order valence-corrected chi connectivity index (χ2v) is 5.49. The molecule has 2 heterocycles. The first kappa shape index (κ1) is 16.4. The first-order chi connectivity index (χ1) is 9.77. The average molecular weight is 312 g/mol. The maximum absolute atomic E-state index is 12.1. The second-order valence-electron chi connectivity index (χ2n) is 5.49. The zero-order chi connectivity index (χ0) is 13.8. The molecule has 2 aliphatic rings. The van der Waals surface area contributed by atoms with E-state index in [2.05, 4.69) is 4.90 Å². The van der Waals surface area contributed by atoms with Crippen LogP contribution in [0.2, 0.25) is 0 Å². The summed E-state index contributed by atoms with van der Waals surface area (Å²) in [5.74, 6) is -0.0980. The van der Waals surface area contributed by atoms with Crippen molar-refractivity contribution in [3.05, 3.63) is 35.9 Å². The van der Waals surface area contributed by atoms with E-state index in [1.165, 1.54) is 0 Å². The number of likely N-dealkylation sites (tertiary alicyclic amines) is 1. The van der Waals surface area contributed by atoms with Gasteiger partial charge in [0.05, 0.1) is 13.2 Å². The molecule has 0 N–H and O–H groups in total. The fourth-order valence-corrected chi connectivity index (χ4v) is 2.93. The van der Waals surface area contributed by atoms with Crippen LogP contribution in [0.5, 0.6) is 0 Å². The smallest absolute Gasteiger partial charge is 0.170 e. The summed E-state index contributed by atoms with van der Waals surface area (Å²) in [6, 6.07) is 9.52. The van der Waals surface area contributed by atoms with Crippen molar-refractivity contribution < 1.29 is 14.3 Å². The minimum Gasteiger partial charge on any atom is -0.347 e. The Morgan fingerprint density at radius 2 is 1.71 bits per heavy atom. The molecular formula is C16H22ClNO3. The molecule has 0 unspecified atom stereocenters. The minimum atomic E-state index is -0.320. The number of hydrogen-bond acceptors (Lipinski definition) is 4. The van der Waals surface area contributed by atoms with Crippen LogP contribution in [0.1, 0.15) is 29.6 Å². The van der Waals surface area contributed by atoms with E-state index in [4.69, 9.17) is 9.47 Å². The molecule has 3 rings (SSSR count). The number of carbonyl (C=O) groups is 1. The third-order valence-electron chi connectivity index (χ3n) is 4.18. The van der Waals surface area contributed by atoms with Gasteiger partial charge in [0, 0.05) is 44.5 Å². The number of halogens is 1. The van der Waals surface area contributed by atoms with Crippen molar-refractivity contribution in [1.29, 1.82) is 0 Å². The molecule has 2 aliphatic heterocycles. The third-order valence-corrected chi connectivity index (χ3v) is 4.18. The molecule has 4 nitrogen and oxygen atoms in total. The number of carbonyl (C=O) groups excluding carboxylic acids is 1. The van der Waals surface area contributed by atoms with Gasteiger partial charge in [-0.1, -0.05) is 30.3 Å². The Bertz CT molecular complexity index is 450. The lowest BCUT2D eigenvalue weighted by atomic mass is 10.0. The molecule has 1 spiro atoms. The maximum atomic E-state index is 12.1. The van der Waals surface area contributed by atoms with Crippen LogP contribution in [0.4, 0.5) is 0 Å². The average Bonchev–Trinajstić information content (AvgIpc) is 2.96. The van der Waals surface area contributed by atoms with Gasteiger partial charge in [-0.25, -0.2) is 0 Å². The lowest BCUT2D eigenvalue weighted by Gasteiger charge is -2.37. The van der Waals surface area contributed by atoms with Gasteiger partial charge in [0.15, 0.2) is 11.6 Å². The predicted octanol–water partition coefficient (Wildman–Crippen LogP) is 2.52. The van der Waals surface area contributed by atoms with Gasteiger partial charge in [-0.05, 0) is 0 Å². The van der Waals surface area contributed by atoms with Crippen LogP contribution in [0.3, 0.4) is 0 Å². The number of ketones is 1. The predicted molar refractivity (Wildman–Crippen MR) is 82.9 cm³/mol. The highest BCUT2D eigenvalue weighted by Gasteiger charge is 2.39. The summed E-state index contributed by atoms with van der Waals surface area (Å²) in [5, 5.41) is 0. The quantitative estimate of drug-likeness (QED) is 0.801. The van der Waals surface area contributed by atoms with Gasteiger partial charge in [0.2, 0.25) is 0 Å². The van der Waals surface area contributed by atoms with Crippen molar-refractivity contribution in [1.82, 2.24) is 4.90 Å². The molecule has 21 heavy (non-hydrogen) atoms. The maximum Gasteiger partial charge on any atom is 0.170 e. The van der Waals surface area contributed by atoms with Crippen molar-refractivity contribution in [2.24, 2.45) is 0 Å². The number of rotatable bonds is 4. The summed E-state index contributed by atoms with van der Waals surface area (Å²) in [4.78, 5) is 14.4. The van der Waals surface area contributed by atoms with Crippen LogP contribution in [0.15, 0.2) is 30.3 Å². The van der Waals surface area contributed by atoms with Crippen molar-refractivity contribution in [2.75, 3.05) is 32.8 Å². The number of nitrogens with zero attached hydrogens (tertiary/aromatic N) is 1. The highest BCUT2D eigenvalue weighted by molar-refractivity contribution is 5.96. The van der Waals surface area contributed by atoms with E-state index in [0.717, 1.165) is 38.0 Å². The van der Waals surface area contributed by atoms with Crippen LogP contribution in [0, 0.1) is 0 Å². The first-order valence-corrected chi connectivity index (χ1v) is 7.36. The molecule has 0 aromatic heterocycles. The summed E-state index contributed by atoms with van der Waals surface area (Å²) in [5.41, 5.74) is 0.809. The van der Waals surface area contributed by atoms with E-state index in [1.54, 1.807) is 0 Å². The lowest BCUT2D eigenvalue weighted by Crippen LogP contribution is -2.45. The number of hydrogen-bond donors (Lipinski definition) is 0. The Balaban J connectivity index is 0.00000161. The minimum absolute atomic E-state index is 0. The Hall–Kier alpha value is -0.940. The fraction of sp³-hybridized carbons (Fsp3) is 0.562. The largest absolute Gasteiger partial charge is 0.347 e. The number of ether oxygens (including phenoxy) is 2. The normalized spacial score (nSPS) is 21.1. The Labute approximate surface area is 131 Å². The third kappa shape index (κ3) is 4.04. The van der Waals surface area contributed by atoms with Crippen LogP contribution in [0.25, 0.3) is 0 Å². The monoisotopic (exact) mass is 311 g/mol. The SMILES string of the molecule is Cl.O=C(CCN1CCC2(CC1)OCCO2)c1ccccc1. The Kier molecular flexibility index (Phi) is 5.76. The van der Waals surface area contributed by atoms with Crippen molar-refractivity contribution in [2.45, 2.75) is 25.0 Å². The lowest BCUT2D eigenvalue weighted by molar-refractivity contribution is -0.185. The molecular weight excluding hydrogens is 290 g/mol. The molecule has 2 fully saturated rings. The number of piperidine rings is 1. The second kappa shape index (κ2) is 7.36. The molecule has 5 heteroatoms. The van der Waals surface area contributed by atoms with Crippen LogP contribution in [-0.2, 0) is 9.47 Å². The van der Waals surface area contributed by atoms with Gasteiger partial charge in [-0.15, -0.1) is 12.4 Å². The zero-order valence-corrected chi connectivity index (χ0v) is 12.9. The van der Waals surface area contributed by atoms with E-state index < -0.39 is 0 Å². The van der Waals surface area contributed by atoms with Crippen molar-refractivity contribution in [3.8, 4) is 0 Å². The van der Waals surface area contributed by atoms with E-state index in [-0.39, 0.29) is 24.0 Å². The topological polar surface area (TPSA) is 38.8 Å². The molecule has 0 saturated carbocycles. The fourth-order valence-electron chi connectivity index (χ4n) is 2.93. The van der Waals surface area contributed by atoms with Gasteiger partial charge in [0.1, 0.15) is 0 Å². The zero-order valence-electron chi connectivity index (χ0n) is 12.1. The number of Topliss-reactive ketones (excluding diaryl/α,β-unsaturated/α-hetero) is 1. The summed E-state index contributed by atoms with van der Waals surface area (Å²) < 4.78 is 11.4. The van der Waals surface area contributed by atoms with Crippen molar-refractivity contribution >= 4 is 18.2 Å². The standard InChI is InChI=1S/C16H21NO3.ClH/c18-15(14-4-2-1-3-5-14)6-9-17-10-7-16(8-11-17)19-12-13-20-16;/h1-5H,6-13H2;1H. The van der Waals surface area contributed by atoms with Crippen LogP contribution < -0.4 is 0 Å². The summed E-state index contributed by atoms with van der Waals surface area (Å²) in [7, 11) is 0. The molecule has 0 amide bonds. The molecule has 1 aromatic rings. The van der Waals surface area contributed by atoms with Crippen LogP contribution >= 0.6 is 12.4 Å². The van der Waals surface area contributed by atoms with Gasteiger partial charge < -0.3 is 14.4 Å². The molecule has 116 valence electrons. The van der Waals surface area contributed by atoms with Gasteiger partial charge in [-0.3, -0.25) is 4.79 Å². The summed E-state index contributed by atoms with van der Waals surface area (Å²) in [6.07, 6.45) is 2.40. The molecule has 0 bridgehead atoms. The summed E-state index contributed by atoms with van der Waals surface area (Å²) in [6.45, 7) is 4.15. The number of benzene rings is 1. The Morgan fingerprint density at radius 1 is 1.10 bits per heavy atom. The van der Waals surface area contributed by atoms with E-state index in [1.807, 2.05) is 30.3 Å². The van der Waals surface area contributed by atoms with E-state index in [9.17, 15) is 4.79 Å². The molecule has 0 atom stereocenters. The van der Waals surface area contributed by atoms with Gasteiger partial charge >= 0.3 is 0 Å². The van der Waals surface area contributed by atoms with Crippen LogP contribution in [-0.4, -0.2) is 49.3 Å². The summed E-state index contributed by atoms with van der Waals surface area (Å²) >= 11 is 0. The van der Waals surface area contributed by atoms with Gasteiger partial charge in [0.25, 0.3) is 0 Å². The first-order valence-electron chi connectivity index (χ1n) is 7.36.